The van der Waals surface area contributed by atoms with E-state index in [0.29, 0.717) is 34.1 Å². The second-order valence-electron chi connectivity index (χ2n) is 4.30. The molecule has 0 radical (unpaired) electrons. The van der Waals surface area contributed by atoms with Gasteiger partial charge in [-0.25, -0.2) is 0 Å². The minimum absolute atomic E-state index is 0.0207. The second kappa shape index (κ2) is 5.63. The summed E-state index contributed by atoms with van der Waals surface area (Å²) in [4.78, 5) is 12.1. The van der Waals surface area contributed by atoms with Crippen LogP contribution in [0.15, 0.2) is 24.5 Å². The molecule has 19 heavy (non-hydrogen) atoms. The molecule has 0 saturated heterocycles. The molecular formula is C13H13Cl2N3O. The predicted molar refractivity (Wildman–Crippen MR) is 76.7 cm³/mol. The minimum Gasteiger partial charge on any atom is -0.396 e. The van der Waals surface area contributed by atoms with Gasteiger partial charge in [-0.3, -0.25) is 9.48 Å². The summed E-state index contributed by atoms with van der Waals surface area (Å²) in [7, 11) is 1.84. The monoisotopic (exact) mass is 297 g/mol. The summed E-state index contributed by atoms with van der Waals surface area (Å²) in [5.41, 5.74) is 7.43. The van der Waals surface area contributed by atoms with Crippen LogP contribution in [-0.2, 0) is 13.5 Å². The molecule has 0 aliphatic carbocycles. The summed E-state index contributed by atoms with van der Waals surface area (Å²) in [6.45, 7) is 0. The van der Waals surface area contributed by atoms with Crippen LogP contribution < -0.4 is 5.73 Å². The van der Waals surface area contributed by atoms with Crippen LogP contribution in [0.1, 0.15) is 22.3 Å². The lowest BCUT2D eigenvalue weighted by Gasteiger charge is -2.05. The Morgan fingerprint density at radius 2 is 2.00 bits per heavy atom. The van der Waals surface area contributed by atoms with Crippen molar-refractivity contribution in [3.63, 3.8) is 0 Å². The van der Waals surface area contributed by atoms with Gasteiger partial charge in [-0.15, -0.1) is 0 Å². The molecular weight excluding hydrogens is 285 g/mol. The topological polar surface area (TPSA) is 60.9 Å². The number of ketones is 1. The smallest absolute Gasteiger partial charge is 0.163 e. The lowest BCUT2D eigenvalue weighted by atomic mass is 10.0. The van der Waals surface area contributed by atoms with Gasteiger partial charge in [-0.05, 0) is 24.1 Å². The lowest BCUT2D eigenvalue weighted by molar-refractivity contribution is 0.0983. The Morgan fingerprint density at radius 3 is 2.53 bits per heavy atom. The van der Waals surface area contributed by atoms with Crippen LogP contribution in [0.4, 0.5) is 5.69 Å². The van der Waals surface area contributed by atoms with Gasteiger partial charge in [0.2, 0.25) is 0 Å². The number of benzene rings is 1. The second-order valence-corrected chi connectivity index (χ2v) is 5.11. The fourth-order valence-electron chi connectivity index (χ4n) is 1.75. The highest BCUT2D eigenvalue weighted by atomic mass is 35.5. The van der Waals surface area contributed by atoms with E-state index in [-0.39, 0.29) is 5.78 Å². The van der Waals surface area contributed by atoms with E-state index in [1.807, 2.05) is 13.2 Å². The number of aryl methyl sites for hydroxylation is 2. The molecule has 0 unspecified atom stereocenters. The molecule has 0 fully saturated rings. The average molecular weight is 298 g/mol. The highest BCUT2D eigenvalue weighted by Crippen LogP contribution is 2.29. The number of anilines is 1. The van der Waals surface area contributed by atoms with Gasteiger partial charge < -0.3 is 5.73 Å². The molecule has 1 aromatic heterocycles. The van der Waals surface area contributed by atoms with Gasteiger partial charge in [0.05, 0.1) is 21.9 Å². The summed E-state index contributed by atoms with van der Waals surface area (Å²) in [5, 5.41) is 4.66. The molecule has 0 amide bonds. The molecule has 0 aliphatic heterocycles. The molecule has 2 aromatic rings. The van der Waals surface area contributed by atoms with Crippen LogP contribution in [0.2, 0.25) is 10.0 Å². The number of aromatic nitrogens is 2. The number of hydrogen-bond acceptors (Lipinski definition) is 3. The molecule has 100 valence electrons. The van der Waals surface area contributed by atoms with Gasteiger partial charge in [0.25, 0.3) is 0 Å². The van der Waals surface area contributed by atoms with E-state index in [0.717, 1.165) is 5.56 Å². The normalized spacial score (nSPS) is 10.7. The van der Waals surface area contributed by atoms with Gasteiger partial charge in [0, 0.05) is 25.2 Å². The molecule has 0 atom stereocenters. The Kier molecular flexibility index (Phi) is 4.12. The third-order valence-electron chi connectivity index (χ3n) is 2.80. The highest BCUT2D eigenvalue weighted by Gasteiger charge is 2.11. The Balaban J connectivity index is 2.08. The summed E-state index contributed by atoms with van der Waals surface area (Å²) < 4.78 is 1.71. The van der Waals surface area contributed by atoms with Gasteiger partial charge in [0.1, 0.15) is 0 Å². The molecule has 4 nitrogen and oxygen atoms in total. The molecule has 0 spiro atoms. The number of nitrogen functional groups attached to an aromatic ring is 1. The zero-order valence-corrected chi connectivity index (χ0v) is 11.9. The fourth-order valence-corrected chi connectivity index (χ4v) is 2.24. The van der Waals surface area contributed by atoms with Crippen LogP contribution in [0, 0.1) is 0 Å². The van der Waals surface area contributed by atoms with Crippen molar-refractivity contribution in [1.29, 1.82) is 0 Å². The summed E-state index contributed by atoms with van der Waals surface area (Å²) in [6, 6.07) is 3.10. The predicted octanol–water partition coefficient (Wildman–Crippen LogP) is 3.12. The standard InChI is InChI=1S/C13H13Cl2N3O/c1-18-7-8(6-17-18)2-3-12(19)9-4-10(14)13(16)11(15)5-9/h4-7H,2-3,16H2,1H3. The van der Waals surface area contributed by atoms with E-state index in [4.69, 9.17) is 28.9 Å². The van der Waals surface area contributed by atoms with Crippen molar-refractivity contribution in [3.05, 3.63) is 45.7 Å². The Bertz CT molecular complexity index is 599. The van der Waals surface area contributed by atoms with Gasteiger partial charge in [-0.2, -0.15) is 5.10 Å². The van der Waals surface area contributed by atoms with Gasteiger partial charge in [-0.1, -0.05) is 23.2 Å². The van der Waals surface area contributed by atoms with E-state index in [1.165, 1.54) is 0 Å². The third-order valence-corrected chi connectivity index (χ3v) is 3.43. The van der Waals surface area contributed by atoms with Gasteiger partial charge in [0.15, 0.2) is 5.78 Å². The zero-order chi connectivity index (χ0) is 14.0. The van der Waals surface area contributed by atoms with E-state index < -0.39 is 0 Å². The SMILES string of the molecule is Cn1cc(CCC(=O)c2cc(Cl)c(N)c(Cl)c2)cn1. The molecule has 1 heterocycles. The lowest BCUT2D eigenvalue weighted by Crippen LogP contribution is -2.02. The maximum atomic E-state index is 12.1. The maximum Gasteiger partial charge on any atom is 0.163 e. The first-order valence-electron chi connectivity index (χ1n) is 5.72. The van der Waals surface area contributed by atoms with Crippen LogP contribution in [-0.4, -0.2) is 15.6 Å². The molecule has 2 N–H and O–H groups in total. The fraction of sp³-hybridized carbons (Fsp3) is 0.231. The Labute approximate surface area is 121 Å². The quantitative estimate of drug-likeness (QED) is 0.697. The van der Waals surface area contributed by atoms with Crippen molar-refractivity contribution in [3.8, 4) is 0 Å². The Morgan fingerprint density at radius 1 is 1.37 bits per heavy atom. The number of rotatable bonds is 4. The van der Waals surface area contributed by atoms with Crippen LogP contribution in [0.25, 0.3) is 0 Å². The van der Waals surface area contributed by atoms with Crippen LogP contribution in [0.5, 0.6) is 0 Å². The first kappa shape index (κ1) is 13.9. The molecule has 2 rings (SSSR count). The van der Waals surface area contributed by atoms with E-state index in [2.05, 4.69) is 5.10 Å². The van der Waals surface area contributed by atoms with Crippen LogP contribution >= 0.6 is 23.2 Å². The number of Topliss-reactive ketones (excluding diaryl/α,β-unsaturated/α-hetero) is 1. The van der Waals surface area contributed by atoms with Crippen molar-refractivity contribution < 1.29 is 4.79 Å². The van der Waals surface area contributed by atoms with E-state index in [1.54, 1.807) is 23.0 Å². The number of hydrogen-bond donors (Lipinski definition) is 1. The first-order valence-corrected chi connectivity index (χ1v) is 6.48. The highest BCUT2D eigenvalue weighted by molar-refractivity contribution is 6.39. The maximum absolute atomic E-state index is 12.1. The number of carbonyl (C=O) groups excluding carboxylic acids is 1. The van der Waals surface area contributed by atoms with E-state index >= 15 is 0 Å². The number of halogens is 2. The number of carbonyl (C=O) groups is 1. The summed E-state index contributed by atoms with van der Waals surface area (Å²) >= 11 is 11.8. The van der Waals surface area contributed by atoms with Crippen molar-refractivity contribution in [2.45, 2.75) is 12.8 Å². The summed E-state index contributed by atoms with van der Waals surface area (Å²) in [6.07, 6.45) is 4.64. The van der Waals surface area contributed by atoms with Crippen LogP contribution in [0.3, 0.4) is 0 Å². The van der Waals surface area contributed by atoms with Crippen molar-refractivity contribution in [1.82, 2.24) is 9.78 Å². The van der Waals surface area contributed by atoms with Crippen molar-refractivity contribution in [2.75, 3.05) is 5.73 Å². The molecule has 1 aromatic carbocycles. The van der Waals surface area contributed by atoms with Gasteiger partial charge >= 0.3 is 0 Å². The minimum atomic E-state index is -0.0207. The van der Waals surface area contributed by atoms with Crippen molar-refractivity contribution >= 4 is 34.7 Å². The first-order chi connectivity index (χ1) is 8.97. The Hall–Kier alpha value is -1.52. The van der Waals surface area contributed by atoms with E-state index in [9.17, 15) is 4.79 Å². The molecule has 0 aliphatic rings. The van der Waals surface area contributed by atoms with Crippen molar-refractivity contribution in [2.24, 2.45) is 7.05 Å². The zero-order valence-electron chi connectivity index (χ0n) is 10.4. The molecule has 0 bridgehead atoms. The number of nitrogens with two attached hydrogens (primary N) is 1. The summed E-state index contributed by atoms with van der Waals surface area (Å²) in [5.74, 6) is -0.0207. The largest absolute Gasteiger partial charge is 0.396 e. The molecule has 6 heteroatoms. The average Bonchev–Trinajstić information content (AvgIpc) is 2.78. The molecule has 0 saturated carbocycles. The number of nitrogens with zero attached hydrogens (tertiary/aromatic N) is 2. The third kappa shape index (κ3) is 3.28.